The van der Waals surface area contributed by atoms with Crippen molar-refractivity contribution in [1.29, 1.82) is 0 Å². The number of nitrogens with zero attached hydrogens (tertiary/aromatic N) is 1. The van der Waals surface area contributed by atoms with Gasteiger partial charge in [0.25, 0.3) is 0 Å². The number of halogens is 1. The average Bonchev–Trinajstić information content (AvgIpc) is 1.62. The quantitative estimate of drug-likeness (QED) is 0.457. The van der Waals surface area contributed by atoms with Crippen LogP contribution in [0, 0.1) is 5.41 Å². The molecule has 56 valence electrons. The van der Waals surface area contributed by atoms with Crippen molar-refractivity contribution in [3.05, 3.63) is 0 Å². The Morgan fingerprint density at radius 1 is 1.22 bits per heavy atom. The minimum atomic E-state index is 0.323. The lowest BCUT2D eigenvalue weighted by atomic mass is 9.96. The Labute approximate surface area is 66.6 Å². The highest BCUT2D eigenvalue weighted by Gasteiger charge is 2.22. The fraction of sp³-hybridized carbons (Fsp3) is 1.00. The highest BCUT2D eigenvalue weighted by Crippen LogP contribution is 2.26. The fourth-order valence-corrected chi connectivity index (χ4v) is 0.775. The van der Waals surface area contributed by atoms with Crippen molar-refractivity contribution in [1.82, 2.24) is 4.90 Å². The van der Waals surface area contributed by atoms with Gasteiger partial charge in [0.15, 0.2) is 0 Å². The van der Waals surface area contributed by atoms with Crippen LogP contribution in [-0.4, -0.2) is 23.9 Å². The third kappa shape index (κ3) is 3.21. The third-order valence-corrected chi connectivity index (χ3v) is 3.36. The summed E-state index contributed by atoms with van der Waals surface area (Å²) in [6.45, 7) is 6.64. The van der Waals surface area contributed by atoms with Gasteiger partial charge in [-0.05, 0) is 19.5 Å². The molecule has 0 aromatic rings. The summed E-state index contributed by atoms with van der Waals surface area (Å²) in [5, 5.41) is 0. The lowest BCUT2D eigenvalue weighted by molar-refractivity contribution is 0.237. The highest BCUT2D eigenvalue weighted by molar-refractivity contribution is 9.09. The molecule has 0 bridgehead atoms. The first kappa shape index (κ1) is 9.44. The van der Waals surface area contributed by atoms with E-state index in [1.165, 1.54) is 0 Å². The van der Waals surface area contributed by atoms with Gasteiger partial charge in [0.2, 0.25) is 0 Å². The largest absolute Gasteiger partial charge is 0.297 e. The van der Waals surface area contributed by atoms with E-state index in [2.05, 4.69) is 55.7 Å². The van der Waals surface area contributed by atoms with E-state index in [1.807, 2.05) is 0 Å². The van der Waals surface area contributed by atoms with E-state index in [0.29, 0.717) is 10.4 Å². The fourth-order valence-electron chi connectivity index (χ4n) is 0.775. The van der Waals surface area contributed by atoms with Crippen molar-refractivity contribution in [2.75, 3.05) is 14.1 Å². The maximum atomic E-state index is 3.59. The lowest BCUT2D eigenvalue weighted by Crippen LogP contribution is -2.33. The van der Waals surface area contributed by atoms with E-state index in [4.69, 9.17) is 0 Å². The Kier molecular flexibility index (Phi) is 3.17. The zero-order chi connectivity index (χ0) is 7.65. The smallest absolute Gasteiger partial charge is 0.0699 e. The van der Waals surface area contributed by atoms with Crippen LogP contribution in [0.5, 0.6) is 0 Å². The summed E-state index contributed by atoms with van der Waals surface area (Å²) in [6, 6.07) is 0. The second-order valence-electron chi connectivity index (χ2n) is 3.67. The minimum Gasteiger partial charge on any atom is -0.297 e. The van der Waals surface area contributed by atoms with Gasteiger partial charge in [-0.2, -0.15) is 0 Å². The zero-order valence-corrected chi connectivity index (χ0v) is 8.49. The molecule has 0 spiro atoms. The molecule has 0 N–H and O–H groups in total. The first-order valence-corrected chi connectivity index (χ1v) is 4.08. The molecule has 0 aromatic carbocycles. The molecule has 0 amide bonds. The first-order valence-electron chi connectivity index (χ1n) is 3.16. The molecule has 1 atom stereocenters. The molecule has 2 heteroatoms. The van der Waals surface area contributed by atoms with Crippen LogP contribution in [0.4, 0.5) is 0 Å². The molecule has 0 saturated heterocycles. The zero-order valence-electron chi connectivity index (χ0n) is 6.90. The Hall–Kier alpha value is 0.440. The summed E-state index contributed by atoms with van der Waals surface area (Å²) in [4.78, 5) is 2.63. The van der Waals surface area contributed by atoms with Gasteiger partial charge in [-0.1, -0.05) is 36.7 Å². The van der Waals surface area contributed by atoms with Crippen molar-refractivity contribution >= 4 is 15.9 Å². The van der Waals surface area contributed by atoms with E-state index in [1.54, 1.807) is 0 Å². The Morgan fingerprint density at radius 3 is 1.56 bits per heavy atom. The van der Waals surface area contributed by atoms with Crippen LogP contribution >= 0.6 is 15.9 Å². The standard InChI is InChI=1S/C7H16BrN/c1-7(2,3)6(8)9(4)5/h6H,1-5H3. The van der Waals surface area contributed by atoms with Crippen LogP contribution in [0.2, 0.25) is 0 Å². The van der Waals surface area contributed by atoms with E-state index >= 15 is 0 Å². The Morgan fingerprint density at radius 2 is 1.56 bits per heavy atom. The van der Waals surface area contributed by atoms with Crippen molar-refractivity contribution in [3.63, 3.8) is 0 Å². The molecule has 1 unspecified atom stereocenters. The Bertz CT molecular complexity index is 83.4. The van der Waals surface area contributed by atoms with Crippen molar-refractivity contribution in [3.8, 4) is 0 Å². The minimum absolute atomic E-state index is 0.323. The molecule has 0 aliphatic carbocycles. The second kappa shape index (κ2) is 3.02. The number of rotatable bonds is 1. The van der Waals surface area contributed by atoms with Crippen LogP contribution in [0.15, 0.2) is 0 Å². The summed E-state index contributed by atoms with van der Waals surface area (Å²) in [5.74, 6) is 0. The molecule has 0 heterocycles. The molecule has 0 aliphatic rings. The lowest BCUT2D eigenvalue weighted by Gasteiger charge is -2.30. The molecule has 0 rings (SSSR count). The van der Waals surface area contributed by atoms with Gasteiger partial charge in [0, 0.05) is 0 Å². The predicted molar refractivity (Wildman–Crippen MR) is 45.9 cm³/mol. The molecule has 9 heavy (non-hydrogen) atoms. The summed E-state index contributed by atoms with van der Waals surface area (Å²) in [6.07, 6.45) is 0. The van der Waals surface area contributed by atoms with Gasteiger partial charge in [-0.3, -0.25) is 4.90 Å². The average molecular weight is 194 g/mol. The molecule has 0 fully saturated rings. The summed E-state index contributed by atoms with van der Waals surface area (Å²) in [7, 11) is 4.15. The van der Waals surface area contributed by atoms with Gasteiger partial charge in [0.1, 0.15) is 0 Å². The molecule has 0 radical (unpaired) electrons. The van der Waals surface area contributed by atoms with Crippen LogP contribution in [-0.2, 0) is 0 Å². The topological polar surface area (TPSA) is 3.24 Å². The van der Waals surface area contributed by atoms with Crippen LogP contribution < -0.4 is 0 Å². The van der Waals surface area contributed by atoms with Crippen LogP contribution in [0.25, 0.3) is 0 Å². The molecule has 0 aliphatic heterocycles. The van der Waals surface area contributed by atoms with Gasteiger partial charge in [0.05, 0.1) is 4.95 Å². The van der Waals surface area contributed by atoms with Gasteiger partial charge in [-0.25, -0.2) is 0 Å². The maximum absolute atomic E-state index is 3.59. The number of hydrogen-bond acceptors (Lipinski definition) is 1. The summed E-state index contributed by atoms with van der Waals surface area (Å²) < 4.78 is 0. The number of hydrogen-bond donors (Lipinski definition) is 0. The number of alkyl halides is 1. The van der Waals surface area contributed by atoms with E-state index in [0.717, 1.165) is 0 Å². The van der Waals surface area contributed by atoms with Gasteiger partial charge in [-0.15, -0.1) is 0 Å². The monoisotopic (exact) mass is 193 g/mol. The predicted octanol–water partition coefficient (Wildman–Crippen LogP) is 2.32. The molecule has 1 nitrogen and oxygen atoms in total. The van der Waals surface area contributed by atoms with Crippen molar-refractivity contribution in [2.24, 2.45) is 5.41 Å². The summed E-state index contributed by atoms with van der Waals surface area (Å²) >= 11 is 3.59. The van der Waals surface area contributed by atoms with E-state index in [9.17, 15) is 0 Å². The van der Waals surface area contributed by atoms with E-state index in [-0.39, 0.29) is 0 Å². The van der Waals surface area contributed by atoms with E-state index < -0.39 is 0 Å². The summed E-state index contributed by atoms with van der Waals surface area (Å²) in [5.41, 5.74) is 0.323. The molecule has 0 saturated carbocycles. The highest BCUT2D eigenvalue weighted by atomic mass is 79.9. The van der Waals surface area contributed by atoms with Crippen LogP contribution in [0.3, 0.4) is 0 Å². The normalized spacial score (nSPS) is 16.3. The van der Waals surface area contributed by atoms with Crippen molar-refractivity contribution in [2.45, 2.75) is 25.7 Å². The Balaban J connectivity index is 3.88. The van der Waals surface area contributed by atoms with Gasteiger partial charge < -0.3 is 0 Å². The SMILES string of the molecule is CN(C)C(Br)C(C)(C)C. The molecular weight excluding hydrogens is 178 g/mol. The molecular formula is C7H16BrN. The van der Waals surface area contributed by atoms with Gasteiger partial charge >= 0.3 is 0 Å². The maximum Gasteiger partial charge on any atom is 0.0699 e. The molecule has 0 aromatic heterocycles. The van der Waals surface area contributed by atoms with Crippen molar-refractivity contribution < 1.29 is 0 Å². The van der Waals surface area contributed by atoms with Crippen LogP contribution in [0.1, 0.15) is 20.8 Å². The first-order chi connectivity index (χ1) is 3.85. The second-order valence-corrected chi connectivity index (χ2v) is 4.53. The third-order valence-electron chi connectivity index (χ3n) is 1.17.